The maximum absolute atomic E-state index is 15.3. The molecule has 1 aliphatic heterocycles. The minimum absolute atomic E-state index is 0.00927. The van der Waals surface area contributed by atoms with Gasteiger partial charge in [0.05, 0.1) is 24.9 Å². The van der Waals surface area contributed by atoms with Gasteiger partial charge in [0.15, 0.2) is 23.1 Å². The van der Waals surface area contributed by atoms with Crippen molar-refractivity contribution < 1.29 is 27.8 Å². The number of rotatable bonds is 11. The number of likely N-dealkylation sites (tertiary alicyclic amines) is 1. The summed E-state index contributed by atoms with van der Waals surface area (Å²) in [6.07, 6.45) is 4.88. The lowest BCUT2D eigenvalue weighted by molar-refractivity contribution is 0.101. The van der Waals surface area contributed by atoms with Gasteiger partial charge in [0.1, 0.15) is 11.6 Å². The van der Waals surface area contributed by atoms with Crippen molar-refractivity contribution in [2.45, 2.75) is 19.3 Å². The van der Waals surface area contributed by atoms with Crippen LogP contribution in [0, 0.1) is 11.6 Å². The number of methoxy groups -OCH3 is 1. The van der Waals surface area contributed by atoms with Crippen molar-refractivity contribution in [3.63, 3.8) is 0 Å². The number of benzene rings is 3. The van der Waals surface area contributed by atoms with E-state index >= 15 is 4.39 Å². The highest BCUT2D eigenvalue weighted by molar-refractivity contribution is 6.02. The van der Waals surface area contributed by atoms with Crippen LogP contribution in [0.25, 0.3) is 16.6 Å². The fraction of sp³-hybridized carbons (Fsp3) is 0.265. The van der Waals surface area contributed by atoms with Gasteiger partial charge in [-0.1, -0.05) is 6.07 Å². The fourth-order valence-electron chi connectivity index (χ4n) is 5.43. The number of carbonyl (C=O) groups is 1. The van der Waals surface area contributed by atoms with E-state index in [2.05, 4.69) is 20.3 Å². The highest BCUT2D eigenvalue weighted by atomic mass is 19.1. The number of nitrogens with one attached hydrogen (secondary N) is 1. The Balaban J connectivity index is 1.18. The van der Waals surface area contributed by atoms with Crippen molar-refractivity contribution in [1.82, 2.24) is 24.2 Å². The topological polar surface area (TPSA) is 130 Å². The molecule has 0 bridgehead atoms. The summed E-state index contributed by atoms with van der Waals surface area (Å²) in [5.41, 5.74) is -1.97. The maximum atomic E-state index is 15.3. The van der Waals surface area contributed by atoms with E-state index in [1.54, 1.807) is 18.2 Å². The van der Waals surface area contributed by atoms with Crippen LogP contribution in [-0.2, 0) is 7.05 Å². The summed E-state index contributed by atoms with van der Waals surface area (Å²) in [7, 11) is 2.69. The molecule has 5 aromatic rings. The van der Waals surface area contributed by atoms with E-state index in [9.17, 15) is 18.8 Å². The molecule has 0 radical (unpaired) electrons. The Morgan fingerprint density at radius 3 is 2.52 bits per heavy atom. The summed E-state index contributed by atoms with van der Waals surface area (Å²) in [4.78, 5) is 45.2. The van der Waals surface area contributed by atoms with Crippen LogP contribution in [-0.4, -0.2) is 63.5 Å². The number of hydrogen-bond donors (Lipinski definition) is 1. The summed E-state index contributed by atoms with van der Waals surface area (Å²) < 4.78 is 48.0. The molecule has 1 amide bonds. The van der Waals surface area contributed by atoms with Gasteiger partial charge in [-0.2, -0.15) is 9.78 Å². The first-order chi connectivity index (χ1) is 23.2. The van der Waals surface area contributed by atoms with E-state index in [0.29, 0.717) is 39.3 Å². The first-order valence-electron chi connectivity index (χ1n) is 15.3. The maximum Gasteiger partial charge on any atom is 0.351 e. The lowest BCUT2D eigenvalue weighted by atomic mass is 10.1. The molecule has 0 atom stereocenters. The summed E-state index contributed by atoms with van der Waals surface area (Å²) in [6, 6.07) is 13.7. The molecule has 1 N–H and O–H groups in total. The van der Waals surface area contributed by atoms with Gasteiger partial charge in [-0.15, -0.1) is 0 Å². The van der Waals surface area contributed by atoms with Gasteiger partial charge in [0, 0.05) is 43.0 Å². The average molecular weight is 659 g/mol. The van der Waals surface area contributed by atoms with Crippen LogP contribution in [0.5, 0.6) is 23.0 Å². The molecule has 0 unspecified atom stereocenters. The predicted molar refractivity (Wildman–Crippen MR) is 174 cm³/mol. The number of ether oxygens (including phenoxy) is 3. The van der Waals surface area contributed by atoms with Crippen molar-refractivity contribution in [1.29, 1.82) is 0 Å². The van der Waals surface area contributed by atoms with Crippen LogP contribution in [0.4, 0.5) is 14.5 Å². The Morgan fingerprint density at radius 1 is 0.958 bits per heavy atom. The van der Waals surface area contributed by atoms with Crippen molar-refractivity contribution in [3.05, 3.63) is 105 Å². The number of hydrogen-bond acceptors (Lipinski definition) is 9. The SMILES string of the molecule is COc1cc2c(Oc3ccc(NC(=O)c4nn(-c5cccc(F)c5)c(=O)n(C)c4=O)cc3F)ccnc2cc1OCCCN1CCCC1. The number of anilines is 1. The van der Waals surface area contributed by atoms with Gasteiger partial charge in [0.2, 0.25) is 5.69 Å². The van der Waals surface area contributed by atoms with E-state index in [4.69, 9.17) is 14.2 Å². The Morgan fingerprint density at radius 2 is 1.77 bits per heavy atom. The largest absolute Gasteiger partial charge is 0.493 e. The van der Waals surface area contributed by atoms with E-state index in [-0.39, 0.29) is 17.1 Å². The Hall–Kier alpha value is -5.63. The molecule has 1 aliphatic rings. The molecule has 1 saturated heterocycles. The van der Waals surface area contributed by atoms with Crippen LogP contribution in [0.3, 0.4) is 0 Å². The second kappa shape index (κ2) is 14.0. The standard InChI is InChI=1S/C34H32F2N6O6/c1-40-33(44)31(39-42(34(40)45)23-8-5-7-21(35)17-23)32(43)38-22-9-10-28(25(36)18-22)48-27-11-12-37-26-20-30(29(46-2)19-24(26)27)47-16-6-15-41-13-3-4-14-41/h5,7-12,17-20H,3-4,6,13-16H2,1-2H3,(H,38,43). The second-order valence-electron chi connectivity index (χ2n) is 11.2. The van der Waals surface area contributed by atoms with E-state index in [1.807, 2.05) is 0 Å². The number of amides is 1. The Labute approximate surface area is 273 Å². The number of fused-ring (bicyclic) bond motifs is 1. The molecule has 48 heavy (non-hydrogen) atoms. The molecule has 2 aromatic heterocycles. The first-order valence-corrected chi connectivity index (χ1v) is 15.3. The second-order valence-corrected chi connectivity index (χ2v) is 11.2. The molecule has 6 rings (SSSR count). The molecule has 0 spiro atoms. The summed E-state index contributed by atoms with van der Waals surface area (Å²) in [5, 5.41) is 6.84. The van der Waals surface area contributed by atoms with Gasteiger partial charge in [0.25, 0.3) is 11.5 Å². The smallest absolute Gasteiger partial charge is 0.351 e. The molecule has 14 heteroatoms. The number of pyridine rings is 1. The molecule has 12 nitrogen and oxygen atoms in total. The summed E-state index contributed by atoms with van der Waals surface area (Å²) in [6.45, 7) is 3.74. The quantitative estimate of drug-likeness (QED) is 0.201. The van der Waals surface area contributed by atoms with E-state index in [1.165, 1.54) is 56.5 Å². The molecular formula is C34H32F2N6O6. The number of nitrogens with zero attached hydrogens (tertiary/aromatic N) is 5. The zero-order chi connectivity index (χ0) is 33.8. The molecule has 3 heterocycles. The third-order valence-electron chi connectivity index (χ3n) is 7.91. The van der Waals surface area contributed by atoms with E-state index < -0.39 is 34.5 Å². The summed E-state index contributed by atoms with van der Waals surface area (Å²) >= 11 is 0. The van der Waals surface area contributed by atoms with Crippen LogP contribution in [0.15, 0.2) is 76.4 Å². The van der Waals surface area contributed by atoms with Crippen LogP contribution >= 0.6 is 0 Å². The van der Waals surface area contributed by atoms with Crippen molar-refractivity contribution in [2.24, 2.45) is 7.05 Å². The zero-order valence-electron chi connectivity index (χ0n) is 26.2. The monoisotopic (exact) mass is 658 g/mol. The normalized spacial score (nSPS) is 13.1. The molecular weight excluding hydrogens is 626 g/mol. The molecule has 1 fully saturated rings. The Bertz CT molecular complexity index is 2110. The Kier molecular flexibility index (Phi) is 9.43. The highest BCUT2D eigenvalue weighted by Crippen LogP contribution is 2.38. The van der Waals surface area contributed by atoms with Crippen molar-refractivity contribution >= 4 is 22.5 Å². The summed E-state index contributed by atoms with van der Waals surface area (Å²) in [5.74, 6) is -1.28. The molecule has 0 aliphatic carbocycles. The zero-order valence-corrected chi connectivity index (χ0v) is 26.2. The van der Waals surface area contributed by atoms with Gasteiger partial charge in [-0.05, 0) is 74.8 Å². The lowest BCUT2D eigenvalue weighted by Crippen LogP contribution is -2.43. The molecule has 3 aromatic carbocycles. The third-order valence-corrected chi connectivity index (χ3v) is 7.91. The van der Waals surface area contributed by atoms with Crippen LogP contribution in [0.1, 0.15) is 29.8 Å². The number of carbonyl (C=O) groups excluding carboxylic acids is 1. The predicted octanol–water partition coefficient (Wildman–Crippen LogP) is 4.68. The van der Waals surface area contributed by atoms with Crippen molar-refractivity contribution in [3.8, 4) is 28.7 Å². The van der Waals surface area contributed by atoms with Gasteiger partial charge in [-0.25, -0.2) is 13.6 Å². The van der Waals surface area contributed by atoms with Crippen LogP contribution in [0.2, 0.25) is 0 Å². The molecule has 248 valence electrons. The third kappa shape index (κ3) is 6.88. The average Bonchev–Trinajstić information content (AvgIpc) is 3.60. The van der Waals surface area contributed by atoms with Crippen LogP contribution < -0.4 is 30.8 Å². The minimum Gasteiger partial charge on any atom is -0.493 e. The lowest BCUT2D eigenvalue weighted by Gasteiger charge is -2.16. The molecule has 0 saturated carbocycles. The van der Waals surface area contributed by atoms with E-state index in [0.717, 1.165) is 49.9 Å². The number of aromatic nitrogens is 4. The first kappa shape index (κ1) is 32.3. The fourth-order valence-corrected chi connectivity index (χ4v) is 5.43. The number of halogens is 2. The highest BCUT2D eigenvalue weighted by Gasteiger charge is 2.20. The van der Waals surface area contributed by atoms with Gasteiger partial charge < -0.3 is 24.4 Å². The van der Waals surface area contributed by atoms with Gasteiger partial charge in [-0.3, -0.25) is 19.1 Å². The van der Waals surface area contributed by atoms with Crippen molar-refractivity contribution in [2.75, 3.05) is 38.7 Å². The van der Waals surface area contributed by atoms with Gasteiger partial charge >= 0.3 is 5.69 Å². The minimum atomic E-state index is -1.00.